The Morgan fingerprint density at radius 3 is 1.88 bits per heavy atom. The van der Waals surface area contributed by atoms with Crippen LogP contribution in [-0.4, -0.2) is 11.7 Å². The first-order valence-electron chi connectivity index (χ1n) is 6.97. The monoisotopic (exact) mass is 236 g/mol. The molecule has 0 unspecified atom stereocenters. The second-order valence-electron chi connectivity index (χ2n) is 4.25. The molecule has 0 aromatic rings. The van der Waals surface area contributed by atoms with E-state index in [1.165, 1.54) is 19.3 Å². The van der Waals surface area contributed by atoms with Crippen molar-refractivity contribution >= 4 is 0 Å². The van der Waals surface area contributed by atoms with E-state index in [4.69, 9.17) is 5.11 Å². The molecule has 1 nitrogen and oxygen atoms in total. The minimum absolute atomic E-state index is 0.331. The van der Waals surface area contributed by atoms with Gasteiger partial charge < -0.3 is 5.11 Å². The maximum absolute atomic E-state index is 8.61. The van der Waals surface area contributed by atoms with E-state index in [9.17, 15) is 0 Å². The predicted molar refractivity (Wildman–Crippen MR) is 77.1 cm³/mol. The number of hydrogen-bond acceptors (Lipinski definition) is 1. The van der Waals surface area contributed by atoms with Crippen LogP contribution in [0.5, 0.6) is 0 Å². The first kappa shape index (κ1) is 16.2. The number of hydrogen-bond donors (Lipinski definition) is 1. The molecule has 1 N–H and O–H groups in total. The molecule has 0 bridgehead atoms. The Labute approximate surface area is 107 Å². The lowest BCUT2D eigenvalue weighted by Gasteiger charge is -1.93. The lowest BCUT2D eigenvalue weighted by Crippen LogP contribution is -1.81. The average Bonchev–Trinajstić information content (AvgIpc) is 2.35. The van der Waals surface area contributed by atoms with Crippen LogP contribution >= 0.6 is 0 Å². The summed E-state index contributed by atoms with van der Waals surface area (Å²) in [5.41, 5.74) is 0. The normalized spacial score (nSPS) is 12.4. The minimum atomic E-state index is 0.331. The molecule has 0 aromatic heterocycles. The minimum Gasteiger partial charge on any atom is -0.396 e. The van der Waals surface area contributed by atoms with Crippen molar-refractivity contribution in [3.05, 3.63) is 36.5 Å². The summed E-state index contributed by atoms with van der Waals surface area (Å²) in [6, 6.07) is 0. The predicted octanol–water partition coefficient (Wildman–Crippen LogP) is 4.79. The fourth-order valence-corrected chi connectivity index (χ4v) is 1.50. The molecule has 0 aromatic carbocycles. The van der Waals surface area contributed by atoms with Gasteiger partial charge in [0.05, 0.1) is 0 Å². The van der Waals surface area contributed by atoms with E-state index in [1.807, 2.05) is 0 Å². The number of aliphatic hydroxyl groups excluding tert-OH is 1. The Kier molecular flexibility index (Phi) is 14.4. The Morgan fingerprint density at radius 1 is 0.706 bits per heavy atom. The average molecular weight is 236 g/mol. The largest absolute Gasteiger partial charge is 0.396 e. The second-order valence-corrected chi connectivity index (χ2v) is 4.25. The SMILES string of the molecule is CCC/C=C/C/C=C/C/C=C/CCCCCO. The van der Waals surface area contributed by atoms with E-state index < -0.39 is 0 Å². The molecule has 0 rings (SSSR count). The van der Waals surface area contributed by atoms with Gasteiger partial charge in [0.1, 0.15) is 0 Å². The van der Waals surface area contributed by atoms with Gasteiger partial charge in [-0.2, -0.15) is 0 Å². The van der Waals surface area contributed by atoms with E-state index in [2.05, 4.69) is 43.4 Å². The van der Waals surface area contributed by atoms with Crippen molar-refractivity contribution in [1.82, 2.24) is 0 Å². The molecule has 17 heavy (non-hydrogen) atoms. The summed E-state index contributed by atoms with van der Waals surface area (Å²) in [7, 11) is 0. The third-order valence-electron chi connectivity index (χ3n) is 2.53. The molecule has 0 saturated heterocycles. The van der Waals surface area contributed by atoms with Crippen LogP contribution in [0, 0.1) is 0 Å². The molecule has 0 aliphatic carbocycles. The van der Waals surface area contributed by atoms with Crippen molar-refractivity contribution < 1.29 is 5.11 Å². The fourth-order valence-electron chi connectivity index (χ4n) is 1.50. The highest BCUT2D eigenvalue weighted by Crippen LogP contribution is 2.01. The summed E-state index contributed by atoms with van der Waals surface area (Å²) < 4.78 is 0. The molecule has 98 valence electrons. The van der Waals surface area contributed by atoms with Gasteiger partial charge in [-0.05, 0) is 38.5 Å². The van der Waals surface area contributed by atoms with Gasteiger partial charge in [0.25, 0.3) is 0 Å². The van der Waals surface area contributed by atoms with Crippen molar-refractivity contribution in [1.29, 1.82) is 0 Å². The Hall–Kier alpha value is -0.820. The van der Waals surface area contributed by atoms with Crippen molar-refractivity contribution in [2.75, 3.05) is 6.61 Å². The van der Waals surface area contributed by atoms with Crippen LogP contribution in [0.1, 0.15) is 58.3 Å². The smallest absolute Gasteiger partial charge is 0.0431 e. The highest BCUT2D eigenvalue weighted by atomic mass is 16.2. The lowest BCUT2D eigenvalue weighted by molar-refractivity contribution is 0.283. The van der Waals surface area contributed by atoms with Crippen LogP contribution in [0.4, 0.5) is 0 Å². The van der Waals surface area contributed by atoms with Gasteiger partial charge in [-0.25, -0.2) is 0 Å². The van der Waals surface area contributed by atoms with E-state index in [0.717, 1.165) is 32.1 Å². The maximum Gasteiger partial charge on any atom is 0.0431 e. The Bertz CT molecular complexity index is 214. The van der Waals surface area contributed by atoms with Crippen LogP contribution in [0.15, 0.2) is 36.5 Å². The fraction of sp³-hybridized carbons (Fsp3) is 0.625. The zero-order valence-electron chi connectivity index (χ0n) is 11.3. The third-order valence-corrected chi connectivity index (χ3v) is 2.53. The molecule has 0 spiro atoms. The van der Waals surface area contributed by atoms with Crippen LogP contribution in [0.2, 0.25) is 0 Å². The molecular weight excluding hydrogens is 208 g/mol. The van der Waals surface area contributed by atoms with Gasteiger partial charge in [-0.3, -0.25) is 0 Å². The molecular formula is C16H28O. The molecule has 0 radical (unpaired) electrons. The molecule has 0 aliphatic heterocycles. The summed E-state index contributed by atoms with van der Waals surface area (Å²) in [5, 5.41) is 8.61. The molecule has 0 heterocycles. The van der Waals surface area contributed by atoms with Crippen molar-refractivity contribution in [3.63, 3.8) is 0 Å². The molecule has 0 saturated carbocycles. The molecule has 0 fully saturated rings. The van der Waals surface area contributed by atoms with Gasteiger partial charge in [-0.1, -0.05) is 56.2 Å². The van der Waals surface area contributed by atoms with Crippen molar-refractivity contribution in [2.45, 2.75) is 58.3 Å². The van der Waals surface area contributed by atoms with Gasteiger partial charge in [-0.15, -0.1) is 0 Å². The summed E-state index contributed by atoms with van der Waals surface area (Å²) in [6.07, 6.45) is 22.4. The van der Waals surface area contributed by atoms with Crippen LogP contribution in [0.3, 0.4) is 0 Å². The van der Waals surface area contributed by atoms with E-state index in [0.29, 0.717) is 6.61 Å². The van der Waals surface area contributed by atoms with Crippen LogP contribution < -0.4 is 0 Å². The number of aliphatic hydroxyl groups is 1. The zero-order chi connectivity index (χ0) is 12.6. The lowest BCUT2D eigenvalue weighted by atomic mass is 10.2. The maximum atomic E-state index is 8.61. The highest BCUT2D eigenvalue weighted by Gasteiger charge is 1.84. The molecule has 0 atom stereocenters. The summed E-state index contributed by atoms with van der Waals surface area (Å²) in [6.45, 7) is 2.53. The molecule has 1 heteroatoms. The summed E-state index contributed by atoms with van der Waals surface area (Å²) in [5.74, 6) is 0. The summed E-state index contributed by atoms with van der Waals surface area (Å²) >= 11 is 0. The Balaban J connectivity index is 3.25. The van der Waals surface area contributed by atoms with Gasteiger partial charge in [0.15, 0.2) is 0 Å². The van der Waals surface area contributed by atoms with Crippen LogP contribution in [0.25, 0.3) is 0 Å². The third kappa shape index (κ3) is 15.2. The quantitative estimate of drug-likeness (QED) is 0.404. The molecule has 0 aliphatic rings. The van der Waals surface area contributed by atoms with E-state index in [-0.39, 0.29) is 0 Å². The summed E-state index contributed by atoms with van der Waals surface area (Å²) in [4.78, 5) is 0. The number of rotatable bonds is 11. The number of unbranched alkanes of at least 4 members (excludes halogenated alkanes) is 4. The van der Waals surface area contributed by atoms with Gasteiger partial charge >= 0.3 is 0 Å². The van der Waals surface area contributed by atoms with Gasteiger partial charge in [0.2, 0.25) is 0 Å². The second kappa shape index (κ2) is 15.2. The van der Waals surface area contributed by atoms with E-state index in [1.54, 1.807) is 0 Å². The highest BCUT2D eigenvalue weighted by molar-refractivity contribution is 4.97. The van der Waals surface area contributed by atoms with Crippen LogP contribution in [-0.2, 0) is 0 Å². The van der Waals surface area contributed by atoms with Crippen molar-refractivity contribution in [2.24, 2.45) is 0 Å². The first-order chi connectivity index (χ1) is 8.41. The zero-order valence-corrected chi connectivity index (χ0v) is 11.3. The molecule has 0 amide bonds. The van der Waals surface area contributed by atoms with Gasteiger partial charge in [0, 0.05) is 6.61 Å². The van der Waals surface area contributed by atoms with Crippen molar-refractivity contribution in [3.8, 4) is 0 Å². The first-order valence-corrected chi connectivity index (χ1v) is 6.97. The van der Waals surface area contributed by atoms with E-state index >= 15 is 0 Å². The number of allylic oxidation sites excluding steroid dienone is 6. The Morgan fingerprint density at radius 2 is 1.29 bits per heavy atom. The standard InChI is InChI=1S/C16H28O/c1-2-3-4-5-6-7-8-9-10-11-12-13-14-15-16-17/h4-5,7-8,10-11,17H,2-3,6,9,12-16H2,1H3/b5-4+,8-7+,11-10+. The topological polar surface area (TPSA) is 20.2 Å².